The molecule has 0 bridgehead atoms. The minimum absolute atomic E-state index is 0.185. The van der Waals surface area contributed by atoms with Crippen LogP contribution < -0.4 is 0 Å². The van der Waals surface area contributed by atoms with E-state index in [-0.39, 0.29) is 24.5 Å². The van der Waals surface area contributed by atoms with Crippen molar-refractivity contribution in [3.8, 4) is 0 Å². The van der Waals surface area contributed by atoms with E-state index in [0.29, 0.717) is 11.1 Å². The van der Waals surface area contributed by atoms with Crippen LogP contribution in [-0.4, -0.2) is 36.5 Å². The molecule has 0 spiro atoms. The van der Waals surface area contributed by atoms with Gasteiger partial charge >= 0.3 is 0 Å². The third kappa shape index (κ3) is 4.27. The van der Waals surface area contributed by atoms with Crippen molar-refractivity contribution in [2.24, 2.45) is 0 Å². The Balaban J connectivity index is 2.31. The molecule has 0 saturated carbocycles. The highest BCUT2D eigenvalue weighted by Crippen LogP contribution is 2.13. The number of imide groups is 1. The third-order valence-electron chi connectivity index (χ3n) is 3.71. The van der Waals surface area contributed by atoms with E-state index in [1.54, 1.807) is 55.6 Å². The first-order valence-corrected chi connectivity index (χ1v) is 7.66. The van der Waals surface area contributed by atoms with E-state index < -0.39 is 0 Å². The zero-order chi connectivity index (χ0) is 16.7. The molecule has 2 aromatic carbocycles. The van der Waals surface area contributed by atoms with Gasteiger partial charge in [0.25, 0.3) is 11.8 Å². The van der Waals surface area contributed by atoms with Crippen LogP contribution in [0.4, 0.5) is 0 Å². The van der Waals surface area contributed by atoms with Crippen LogP contribution in [-0.2, 0) is 4.74 Å². The van der Waals surface area contributed by atoms with Gasteiger partial charge in [0.2, 0.25) is 0 Å². The molecule has 23 heavy (non-hydrogen) atoms. The molecule has 1 unspecified atom stereocenters. The molecule has 0 aromatic heterocycles. The van der Waals surface area contributed by atoms with E-state index in [4.69, 9.17) is 4.74 Å². The Hall–Kier alpha value is -2.46. The Morgan fingerprint density at radius 2 is 1.35 bits per heavy atom. The summed E-state index contributed by atoms with van der Waals surface area (Å²) in [6.07, 6.45) is 0.534. The number of ether oxygens (including phenoxy) is 1. The third-order valence-corrected chi connectivity index (χ3v) is 3.71. The van der Waals surface area contributed by atoms with Crippen molar-refractivity contribution in [1.29, 1.82) is 0 Å². The Morgan fingerprint density at radius 3 is 1.70 bits per heavy atom. The summed E-state index contributed by atoms with van der Waals surface area (Å²) < 4.78 is 5.36. The van der Waals surface area contributed by atoms with Crippen molar-refractivity contribution in [1.82, 2.24) is 4.90 Å². The van der Waals surface area contributed by atoms with Crippen LogP contribution in [0.5, 0.6) is 0 Å². The molecule has 0 aliphatic carbocycles. The summed E-state index contributed by atoms with van der Waals surface area (Å²) in [5.74, 6) is -0.620. The van der Waals surface area contributed by atoms with Gasteiger partial charge in [-0.05, 0) is 30.7 Å². The maximum atomic E-state index is 12.8. The van der Waals surface area contributed by atoms with Gasteiger partial charge in [0.15, 0.2) is 0 Å². The molecule has 0 saturated heterocycles. The molecule has 4 nitrogen and oxygen atoms in total. The Labute approximate surface area is 136 Å². The number of nitrogens with zero attached hydrogens (tertiary/aromatic N) is 1. The number of hydrogen-bond donors (Lipinski definition) is 0. The molecule has 120 valence electrons. The number of benzene rings is 2. The molecule has 0 heterocycles. The van der Waals surface area contributed by atoms with Gasteiger partial charge in [0.1, 0.15) is 0 Å². The number of carbonyl (C=O) groups excluding carboxylic acids is 2. The van der Waals surface area contributed by atoms with E-state index in [1.807, 2.05) is 19.1 Å². The fourth-order valence-electron chi connectivity index (χ4n) is 2.31. The molecule has 1 atom stereocenters. The van der Waals surface area contributed by atoms with Gasteiger partial charge < -0.3 is 4.74 Å². The van der Waals surface area contributed by atoms with Crippen molar-refractivity contribution in [2.75, 3.05) is 13.7 Å². The second-order valence-electron chi connectivity index (χ2n) is 5.22. The van der Waals surface area contributed by atoms with Crippen LogP contribution in [0.3, 0.4) is 0 Å². The van der Waals surface area contributed by atoms with Gasteiger partial charge in [-0.15, -0.1) is 0 Å². The first-order valence-electron chi connectivity index (χ1n) is 7.66. The van der Waals surface area contributed by atoms with Crippen LogP contribution in [0.2, 0.25) is 0 Å². The lowest BCUT2D eigenvalue weighted by Crippen LogP contribution is -2.42. The minimum atomic E-state index is -0.310. The fraction of sp³-hybridized carbons (Fsp3) is 0.263. The second kappa shape index (κ2) is 8.25. The van der Waals surface area contributed by atoms with Gasteiger partial charge in [-0.1, -0.05) is 43.3 Å². The SMILES string of the molecule is CCC(CN(C(=O)c1ccccc1)C(=O)c1ccccc1)OC. The van der Waals surface area contributed by atoms with Crippen molar-refractivity contribution in [3.05, 3.63) is 71.8 Å². The minimum Gasteiger partial charge on any atom is -0.380 e. The Bertz CT molecular complexity index is 585. The Morgan fingerprint density at radius 1 is 0.913 bits per heavy atom. The largest absolute Gasteiger partial charge is 0.380 e. The first kappa shape index (κ1) is 16.9. The van der Waals surface area contributed by atoms with Gasteiger partial charge in [-0.2, -0.15) is 0 Å². The van der Waals surface area contributed by atoms with E-state index in [0.717, 1.165) is 6.42 Å². The van der Waals surface area contributed by atoms with E-state index >= 15 is 0 Å². The van der Waals surface area contributed by atoms with Gasteiger partial charge in [0.05, 0.1) is 12.6 Å². The molecule has 2 aromatic rings. The summed E-state index contributed by atoms with van der Waals surface area (Å²) in [6.45, 7) is 2.20. The number of hydrogen-bond acceptors (Lipinski definition) is 3. The molecule has 0 aliphatic heterocycles. The predicted octanol–water partition coefficient (Wildman–Crippen LogP) is 3.39. The van der Waals surface area contributed by atoms with Crippen molar-refractivity contribution < 1.29 is 14.3 Å². The number of rotatable bonds is 6. The fourth-order valence-corrected chi connectivity index (χ4v) is 2.31. The summed E-state index contributed by atoms with van der Waals surface area (Å²) in [7, 11) is 1.59. The van der Waals surface area contributed by atoms with Gasteiger partial charge in [0, 0.05) is 18.2 Å². The van der Waals surface area contributed by atoms with Crippen molar-refractivity contribution >= 4 is 11.8 Å². The quantitative estimate of drug-likeness (QED) is 0.768. The molecule has 0 N–H and O–H groups in total. The predicted molar refractivity (Wildman–Crippen MR) is 89.3 cm³/mol. The zero-order valence-corrected chi connectivity index (χ0v) is 13.4. The van der Waals surface area contributed by atoms with Crippen molar-refractivity contribution in [2.45, 2.75) is 19.4 Å². The maximum absolute atomic E-state index is 12.8. The summed E-state index contributed by atoms with van der Waals surface area (Å²) in [6, 6.07) is 17.6. The van der Waals surface area contributed by atoms with E-state index in [9.17, 15) is 9.59 Å². The van der Waals surface area contributed by atoms with Gasteiger partial charge in [-0.25, -0.2) is 0 Å². The highest BCUT2D eigenvalue weighted by atomic mass is 16.5. The number of amides is 2. The molecule has 4 heteroatoms. The van der Waals surface area contributed by atoms with E-state index in [2.05, 4.69) is 0 Å². The molecule has 2 rings (SSSR count). The summed E-state index contributed by atoms with van der Waals surface area (Å²) in [4.78, 5) is 26.8. The summed E-state index contributed by atoms with van der Waals surface area (Å²) in [5, 5.41) is 0. The molecule has 2 amide bonds. The molecular weight excluding hydrogens is 290 g/mol. The summed E-state index contributed by atoms with van der Waals surface area (Å²) in [5.41, 5.74) is 0.977. The van der Waals surface area contributed by atoms with Crippen LogP contribution in [0.1, 0.15) is 34.1 Å². The first-order chi connectivity index (χ1) is 11.2. The average Bonchev–Trinajstić information content (AvgIpc) is 2.63. The van der Waals surface area contributed by atoms with Crippen LogP contribution >= 0.6 is 0 Å². The lowest BCUT2D eigenvalue weighted by atomic mass is 10.1. The molecule has 0 radical (unpaired) electrons. The molecular formula is C19H21NO3. The van der Waals surface area contributed by atoms with Crippen LogP contribution in [0, 0.1) is 0 Å². The van der Waals surface area contributed by atoms with Crippen LogP contribution in [0.15, 0.2) is 60.7 Å². The standard InChI is InChI=1S/C19H21NO3/c1-3-17(23-2)14-20(18(21)15-10-6-4-7-11-15)19(22)16-12-8-5-9-13-16/h4-13,17H,3,14H2,1-2H3. The number of methoxy groups -OCH3 is 1. The normalized spacial score (nSPS) is 11.7. The zero-order valence-electron chi connectivity index (χ0n) is 13.4. The lowest BCUT2D eigenvalue weighted by Gasteiger charge is -2.25. The van der Waals surface area contributed by atoms with Crippen LogP contribution in [0.25, 0.3) is 0 Å². The Kier molecular flexibility index (Phi) is 6.06. The molecule has 0 aliphatic rings. The van der Waals surface area contributed by atoms with E-state index in [1.165, 1.54) is 4.90 Å². The highest BCUT2D eigenvalue weighted by molar-refractivity contribution is 6.10. The highest BCUT2D eigenvalue weighted by Gasteiger charge is 2.26. The average molecular weight is 311 g/mol. The smallest absolute Gasteiger partial charge is 0.260 e. The van der Waals surface area contributed by atoms with Crippen molar-refractivity contribution in [3.63, 3.8) is 0 Å². The number of carbonyl (C=O) groups is 2. The topological polar surface area (TPSA) is 46.6 Å². The monoisotopic (exact) mass is 311 g/mol. The maximum Gasteiger partial charge on any atom is 0.260 e. The molecule has 0 fully saturated rings. The second-order valence-corrected chi connectivity index (χ2v) is 5.22. The lowest BCUT2D eigenvalue weighted by molar-refractivity contribution is 0.0400. The summed E-state index contributed by atoms with van der Waals surface area (Å²) >= 11 is 0. The van der Waals surface area contributed by atoms with Gasteiger partial charge in [-0.3, -0.25) is 14.5 Å².